The zero-order chi connectivity index (χ0) is 15.1. The number of carbonyl (C=O) groups excluding carboxylic acids is 1. The van der Waals surface area contributed by atoms with Gasteiger partial charge in [-0.3, -0.25) is 4.79 Å². The molecule has 0 aliphatic carbocycles. The maximum atomic E-state index is 11.7. The molecule has 0 saturated carbocycles. The summed E-state index contributed by atoms with van der Waals surface area (Å²) >= 11 is 1.12. The Bertz CT molecular complexity index is 738. The van der Waals surface area contributed by atoms with Crippen LogP contribution < -0.4 is 4.90 Å². The van der Waals surface area contributed by atoms with Crippen molar-refractivity contribution >= 4 is 28.9 Å². The summed E-state index contributed by atoms with van der Waals surface area (Å²) in [5, 5.41) is 10.8. The maximum Gasteiger partial charge on any atom is 0.365 e. The second-order valence-corrected chi connectivity index (χ2v) is 5.99. The molecule has 1 amide bonds. The van der Waals surface area contributed by atoms with Gasteiger partial charge in [-0.1, -0.05) is 6.07 Å². The fourth-order valence-electron chi connectivity index (χ4n) is 2.77. The molecule has 21 heavy (non-hydrogen) atoms. The fourth-order valence-corrected chi connectivity index (χ4v) is 3.44. The molecule has 1 atom stereocenters. The molecule has 0 bridgehead atoms. The quantitative estimate of drug-likeness (QED) is 0.926. The van der Waals surface area contributed by atoms with Crippen LogP contribution >= 0.6 is 11.3 Å². The van der Waals surface area contributed by atoms with Crippen LogP contribution in [0.2, 0.25) is 0 Å². The van der Waals surface area contributed by atoms with Crippen molar-refractivity contribution in [1.29, 1.82) is 0 Å². The molecule has 1 N–H and O–H groups in total. The van der Waals surface area contributed by atoms with E-state index in [-0.39, 0.29) is 17.0 Å². The molecule has 0 fully saturated rings. The molecule has 1 aromatic carbocycles. The van der Waals surface area contributed by atoms with Gasteiger partial charge in [0.2, 0.25) is 10.9 Å². The van der Waals surface area contributed by atoms with Gasteiger partial charge in [-0.15, -0.1) is 11.3 Å². The molecule has 0 saturated heterocycles. The molecule has 1 aromatic heterocycles. The third kappa shape index (κ3) is 2.31. The molecule has 108 valence electrons. The first-order valence-electron chi connectivity index (χ1n) is 6.59. The van der Waals surface area contributed by atoms with E-state index >= 15 is 0 Å². The lowest BCUT2D eigenvalue weighted by atomic mass is 10.1. The van der Waals surface area contributed by atoms with Crippen LogP contribution in [0.4, 0.5) is 5.69 Å². The van der Waals surface area contributed by atoms with Crippen molar-refractivity contribution in [3.63, 3.8) is 0 Å². The summed E-state index contributed by atoms with van der Waals surface area (Å²) in [5.41, 5.74) is 3.58. The molecule has 1 unspecified atom stereocenters. The number of carbonyl (C=O) groups is 2. The Morgan fingerprint density at radius 1 is 1.43 bits per heavy atom. The summed E-state index contributed by atoms with van der Waals surface area (Å²) < 4.78 is 0. The molecule has 0 spiro atoms. The highest BCUT2D eigenvalue weighted by molar-refractivity contribution is 7.11. The van der Waals surface area contributed by atoms with Gasteiger partial charge in [0.1, 0.15) is 0 Å². The Morgan fingerprint density at radius 2 is 2.19 bits per heavy atom. The van der Waals surface area contributed by atoms with Gasteiger partial charge in [-0.2, -0.15) is 0 Å². The van der Waals surface area contributed by atoms with Gasteiger partial charge < -0.3 is 10.0 Å². The van der Waals surface area contributed by atoms with E-state index in [2.05, 4.69) is 4.98 Å². The van der Waals surface area contributed by atoms with Crippen molar-refractivity contribution < 1.29 is 14.7 Å². The number of thiazole rings is 1. The molecule has 0 radical (unpaired) electrons. The first-order valence-corrected chi connectivity index (χ1v) is 7.47. The Balaban J connectivity index is 1.99. The number of carboxylic acid groups (broad SMARTS) is 1. The van der Waals surface area contributed by atoms with Gasteiger partial charge in [0.15, 0.2) is 0 Å². The highest BCUT2D eigenvalue weighted by Crippen LogP contribution is 2.35. The van der Waals surface area contributed by atoms with E-state index in [1.165, 1.54) is 0 Å². The first kappa shape index (κ1) is 13.8. The van der Waals surface area contributed by atoms with Crippen LogP contribution in [-0.2, 0) is 11.2 Å². The molecule has 5 nitrogen and oxygen atoms in total. The van der Waals surface area contributed by atoms with Crippen molar-refractivity contribution in [2.75, 3.05) is 4.90 Å². The highest BCUT2D eigenvalue weighted by atomic mass is 32.1. The van der Waals surface area contributed by atoms with Crippen LogP contribution in [0.5, 0.6) is 0 Å². The summed E-state index contributed by atoms with van der Waals surface area (Å²) in [7, 11) is 0. The van der Waals surface area contributed by atoms with Gasteiger partial charge in [-0.05, 0) is 31.0 Å². The number of hydrogen-bond acceptors (Lipinski definition) is 4. The minimum atomic E-state index is -1.01. The molecular formula is C15H14N2O3S. The van der Waals surface area contributed by atoms with Gasteiger partial charge in [-0.25, -0.2) is 9.78 Å². The molecular weight excluding hydrogens is 288 g/mol. The van der Waals surface area contributed by atoms with E-state index in [1.807, 2.05) is 25.1 Å². The number of anilines is 1. The summed E-state index contributed by atoms with van der Waals surface area (Å²) in [6, 6.07) is 5.94. The third-order valence-corrected chi connectivity index (χ3v) is 4.45. The van der Waals surface area contributed by atoms with Crippen LogP contribution in [0.1, 0.15) is 29.2 Å². The molecule has 1 aliphatic heterocycles. The average Bonchev–Trinajstić information content (AvgIpc) is 3.00. The first-order chi connectivity index (χ1) is 9.97. The lowest BCUT2D eigenvalue weighted by molar-refractivity contribution is -0.116. The van der Waals surface area contributed by atoms with Crippen molar-refractivity contribution in [1.82, 2.24) is 4.98 Å². The minimum absolute atomic E-state index is 0.0378. The largest absolute Gasteiger partial charge is 0.476 e. The summed E-state index contributed by atoms with van der Waals surface area (Å²) in [6.45, 7) is 3.59. The van der Waals surface area contributed by atoms with E-state index < -0.39 is 5.97 Å². The smallest absolute Gasteiger partial charge is 0.365 e. The highest BCUT2D eigenvalue weighted by Gasteiger charge is 2.29. The number of carboxylic acids is 1. The van der Waals surface area contributed by atoms with Crippen molar-refractivity contribution in [2.45, 2.75) is 26.3 Å². The van der Waals surface area contributed by atoms with Gasteiger partial charge >= 0.3 is 5.97 Å². The van der Waals surface area contributed by atoms with Crippen LogP contribution in [0.15, 0.2) is 23.6 Å². The SMILES string of the molecule is CC(=O)N1c2ccc(-c3csc(C(=O)O)n3)cc2CC1C. The molecule has 1 aliphatic rings. The van der Waals surface area contributed by atoms with E-state index in [0.717, 1.165) is 34.6 Å². The van der Waals surface area contributed by atoms with Crippen LogP contribution in [-0.4, -0.2) is 28.0 Å². The normalized spacial score (nSPS) is 16.9. The predicted molar refractivity (Wildman–Crippen MR) is 80.8 cm³/mol. The van der Waals surface area contributed by atoms with Gasteiger partial charge in [0, 0.05) is 29.6 Å². The summed E-state index contributed by atoms with van der Waals surface area (Å²) in [5.74, 6) is -0.973. The van der Waals surface area contributed by atoms with Crippen molar-refractivity contribution in [3.05, 3.63) is 34.2 Å². The maximum absolute atomic E-state index is 11.7. The Kier molecular flexibility index (Phi) is 3.25. The van der Waals surface area contributed by atoms with E-state index in [4.69, 9.17) is 5.11 Å². The zero-order valence-corrected chi connectivity index (χ0v) is 12.5. The van der Waals surface area contributed by atoms with Crippen LogP contribution in [0.25, 0.3) is 11.3 Å². The number of aromatic nitrogens is 1. The predicted octanol–water partition coefficient (Wildman–Crippen LogP) is 2.81. The lowest BCUT2D eigenvalue weighted by Gasteiger charge is -2.20. The summed E-state index contributed by atoms with van der Waals surface area (Å²) in [6.07, 6.45) is 0.804. The van der Waals surface area contributed by atoms with Crippen LogP contribution in [0, 0.1) is 0 Å². The fraction of sp³-hybridized carbons (Fsp3) is 0.267. The number of hydrogen-bond donors (Lipinski definition) is 1. The number of benzene rings is 1. The third-order valence-electron chi connectivity index (χ3n) is 3.62. The van der Waals surface area contributed by atoms with Crippen molar-refractivity contribution in [3.8, 4) is 11.3 Å². The summed E-state index contributed by atoms with van der Waals surface area (Å²) in [4.78, 5) is 28.5. The molecule has 3 rings (SSSR count). The number of fused-ring (bicyclic) bond motifs is 1. The topological polar surface area (TPSA) is 70.5 Å². The Labute approximate surface area is 125 Å². The lowest BCUT2D eigenvalue weighted by Crippen LogP contribution is -2.33. The number of aromatic carboxylic acids is 1. The molecule has 2 aromatic rings. The van der Waals surface area contributed by atoms with E-state index in [1.54, 1.807) is 17.2 Å². The Morgan fingerprint density at radius 3 is 2.81 bits per heavy atom. The second-order valence-electron chi connectivity index (χ2n) is 5.13. The zero-order valence-electron chi connectivity index (χ0n) is 11.7. The second kappa shape index (κ2) is 4.96. The minimum Gasteiger partial charge on any atom is -0.476 e. The number of nitrogens with zero attached hydrogens (tertiary/aromatic N) is 2. The van der Waals surface area contributed by atoms with Gasteiger partial charge in [0.25, 0.3) is 0 Å². The Hall–Kier alpha value is -2.21. The monoisotopic (exact) mass is 302 g/mol. The van der Waals surface area contributed by atoms with Gasteiger partial charge in [0.05, 0.1) is 5.69 Å². The average molecular weight is 302 g/mol. The standard InChI is InChI=1S/C15H14N2O3S/c1-8-5-11-6-10(3-4-13(11)17(8)9(2)18)12-7-21-14(16-12)15(19)20/h3-4,6-8H,5H2,1-2H3,(H,19,20). The van der Waals surface area contributed by atoms with Crippen LogP contribution in [0.3, 0.4) is 0 Å². The van der Waals surface area contributed by atoms with E-state index in [9.17, 15) is 9.59 Å². The molecule has 6 heteroatoms. The number of rotatable bonds is 2. The number of amides is 1. The van der Waals surface area contributed by atoms with E-state index in [0.29, 0.717) is 5.69 Å². The van der Waals surface area contributed by atoms with Crippen molar-refractivity contribution in [2.24, 2.45) is 0 Å². The molecule has 2 heterocycles.